The third-order valence-corrected chi connectivity index (χ3v) is 3.48. The molecule has 0 aromatic carbocycles. The predicted octanol–water partition coefficient (Wildman–Crippen LogP) is 3.27. The molecule has 0 saturated carbocycles. The van der Waals surface area contributed by atoms with E-state index >= 15 is 0 Å². The molecule has 1 heteroatoms. The summed E-state index contributed by atoms with van der Waals surface area (Å²) in [6.07, 6.45) is 8.48. The molecule has 0 fully saturated rings. The van der Waals surface area contributed by atoms with Gasteiger partial charge < -0.3 is 0 Å². The summed E-state index contributed by atoms with van der Waals surface area (Å²) < 4.78 is 0. The van der Waals surface area contributed by atoms with Crippen LogP contribution in [0.5, 0.6) is 0 Å². The van der Waals surface area contributed by atoms with E-state index < -0.39 is 0 Å². The van der Waals surface area contributed by atoms with Crippen molar-refractivity contribution in [2.75, 3.05) is 0 Å². The Morgan fingerprint density at radius 2 is 2.14 bits per heavy atom. The molecule has 1 nitrogen and oxygen atoms in total. The maximum absolute atomic E-state index is 11.4. The van der Waals surface area contributed by atoms with Crippen LogP contribution in [-0.2, 0) is 4.79 Å². The Balaban J connectivity index is 2.25. The Labute approximate surface area is 85.9 Å². The first-order valence-corrected chi connectivity index (χ1v) is 5.56. The molecular weight excluding hydrogens is 172 g/mol. The van der Waals surface area contributed by atoms with Crippen LogP contribution in [0.25, 0.3) is 0 Å². The molecule has 0 N–H and O–H groups in total. The third-order valence-electron chi connectivity index (χ3n) is 3.48. The lowest BCUT2D eigenvalue weighted by Crippen LogP contribution is -2.10. The van der Waals surface area contributed by atoms with Crippen molar-refractivity contribution in [1.82, 2.24) is 0 Å². The molecule has 76 valence electrons. The van der Waals surface area contributed by atoms with E-state index in [9.17, 15) is 4.79 Å². The Morgan fingerprint density at radius 3 is 2.93 bits per heavy atom. The average molecular weight is 190 g/mol. The summed E-state index contributed by atoms with van der Waals surface area (Å²) in [5, 5.41) is 0. The standard InChI is InChI=1S/C13H18O/c1-9-4-3-5-10(2)13-8-12(14)7-11(13)6-9/h4,8,10-11H,3,5-7H2,1-2H3/b9-4-. The highest BCUT2D eigenvalue weighted by atomic mass is 16.1. The van der Waals surface area contributed by atoms with Gasteiger partial charge in [-0.25, -0.2) is 0 Å². The lowest BCUT2D eigenvalue weighted by molar-refractivity contribution is -0.114. The summed E-state index contributed by atoms with van der Waals surface area (Å²) in [4.78, 5) is 11.4. The minimum atomic E-state index is 0.339. The van der Waals surface area contributed by atoms with E-state index in [0.29, 0.717) is 17.6 Å². The second-order valence-electron chi connectivity index (χ2n) is 4.74. The number of hydrogen-bond acceptors (Lipinski definition) is 1. The molecule has 2 aliphatic rings. The van der Waals surface area contributed by atoms with Gasteiger partial charge in [0.1, 0.15) is 0 Å². The molecule has 0 bridgehead atoms. The Kier molecular flexibility index (Phi) is 2.58. The van der Waals surface area contributed by atoms with Gasteiger partial charge in [0, 0.05) is 6.42 Å². The zero-order valence-electron chi connectivity index (χ0n) is 9.05. The molecule has 0 amide bonds. The van der Waals surface area contributed by atoms with Crippen molar-refractivity contribution in [3.8, 4) is 0 Å². The van der Waals surface area contributed by atoms with Crippen molar-refractivity contribution in [2.45, 2.75) is 39.5 Å². The molecule has 2 unspecified atom stereocenters. The topological polar surface area (TPSA) is 17.1 Å². The second-order valence-corrected chi connectivity index (χ2v) is 4.74. The highest BCUT2D eigenvalue weighted by molar-refractivity contribution is 5.93. The van der Waals surface area contributed by atoms with E-state index in [1.165, 1.54) is 24.0 Å². The number of rotatable bonds is 0. The molecule has 0 aromatic rings. The molecule has 2 rings (SSSR count). The Hall–Kier alpha value is -0.850. The highest BCUT2D eigenvalue weighted by Crippen LogP contribution is 2.37. The Morgan fingerprint density at radius 1 is 1.36 bits per heavy atom. The van der Waals surface area contributed by atoms with Gasteiger partial charge in [-0.1, -0.05) is 24.1 Å². The van der Waals surface area contributed by atoms with Crippen LogP contribution in [0.15, 0.2) is 23.3 Å². The van der Waals surface area contributed by atoms with E-state index in [1.54, 1.807) is 0 Å². The predicted molar refractivity (Wildman–Crippen MR) is 58.0 cm³/mol. The van der Waals surface area contributed by atoms with Crippen molar-refractivity contribution < 1.29 is 4.79 Å². The number of fused-ring (bicyclic) bond motifs is 1. The number of allylic oxidation sites excluding steroid dienone is 4. The van der Waals surface area contributed by atoms with Gasteiger partial charge in [-0.15, -0.1) is 0 Å². The molecule has 14 heavy (non-hydrogen) atoms. The maximum atomic E-state index is 11.4. The average Bonchev–Trinajstić information content (AvgIpc) is 2.44. The minimum absolute atomic E-state index is 0.339. The van der Waals surface area contributed by atoms with Gasteiger partial charge in [-0.3, -0.25) is 4.79 Å². The van der Waals surface area contributed by atoms with E-state index in [2.05, 4.69) is 19.9 Å². The quantitative estimate of drug-likeness (QED) is 0.536. The molecular formula is C13H18O. The molecule has 0 aliphatic heterocycles. The van der Waals surface area contributed by atoms with Crippen molar-refractivity contribution in [2.24, 2.45) is 11.8 Å². The molecule has 0 radical (unpaired) electrons. The SMILES string of the molecule is C/C1=C/CCC(C)C2=CC(=O)CC2C1. The molecule has 0 spiro atoms. The number of carbonyl (C=O) groups is 1. The van der Waals surface area contributed by atoms with Crippen LogP contribution in [0, 0.1) is 11.8 Å². The first-order valence-electron chi connectivity index (χ1n) is 5.56. The zero-order valence-corrected chi connectivity index (χ0v) is 9.05. The zero-order chi connectivity index (χ0) is 10.1. The van der Waals surface area contributed by atoms with E-state index in [1.807, 2.05) is 6.08 Å². The van der Waals surface area contributed by atoms with Crippen LogP contribution < -0.4 is 0 Å². The minimum Gasteiger partial charge on any atom is -0.295 e. The van der Waals surface area contributed by atoms with E-state index in [0.717, 1.165) is 12.8 Å². The summed E-state index contributed by atoms with van der Waals surface area (Å²) in [6, 6.07) is 0. The van der Waals surface area contributed by atoms with Gasteiger partial charge in [0.15, 0.2) is 5.78 Å². The van der Waals surface area contributed by atoms with Crippen molar-refractivity contribution in [1.29, 1.82) is 0 Å². The summed E-state index contributed by atoms with van der Waals surface area (Å²) in [6.45, 7) is 4.45. The van der Waals surface area contributed by atoms with Gasteiger partial charge in [0.05, 0.1) is 0 Å². The fourth-order valence-electron chi connectivity index (χ4n) is 2.68. The molecule has 0 aromatic heterocycles. The monoisotopic (exact) mass is 190 g/mol. The fourth-order valence-corrected chi connectivity index (χ4v) is 2.68. The van der Waals surface area contributed by atoms with Crippen LogP contribution in [0.3, 0.4) is 0 Å². The highest BCUT2D eigenvalue weighted by Gasteiger charge is 2.28. The van der Waals surface area contributed by atoms with Gasteiger partial charge >= 0.3 is 0 Å². The van der Waals surface area contributed by atoms with E-state index in [-0.39, 0.29) is 0 Å². The molecule has 2 atom stereocenters. The summed E-state index contributed by atoms with van der Waals surface area (Å²) >= 11 is 0. The van der Waals surface area contributed by atoms with Gasteiger partial charge in [-0.05, 0) is 44.1 Å². The van der Waals surface area contributed by atoms with Crippen molar-refractivity contribution in [3.63, 3.8) is 0 Å². The van der Waals surface area contributed by atoms with Crippen LogP contribution in [-0.4, -0.2) is 5.78 Å². The first-order chi connectivity index (χ1) is 6.66. The van der Waals surface area contributed by atoms with Crippen LogP contribution in [0.1, 0.15) is 39.5 Å². The smallest absolute Gasteiger partial charge is 0.156 e. The lowest BCUT2D eigenvalue weighted by atomic mass is 9.82. The number of hydrogen-bond donors (Lipinski definition) is 0. The van der Waals surface area contributed by atoms with Crippen molar-refractivity contribution in [3.05, 3.63) is 23.3 Å². The number of ketones is 1. The Bertz CT molecular complexity index is 309. The summed E-state index contributed by atoms with van der Waals surface area (Å²) in [5.41, 5.74) is 2.88. The third kappa shape index (κ3) is 1.82. The van der Waals surface area contributed by atoms with Gasteiger partial charge in [0.25, 0.3) is 0 Å². The van der Waals surface area contributed by atoms with Crippen LogP contribution >= 0.6 is 0 Å². The summed E-state index contributed by atoms with van der Waals surface area (Å²) in [5.74, 6) is 1.47. The number of carbonyl (C=O) groups excluding carboxylic acids is 1. The van der Waals surface area contributed by atoms with Crippen LogP contribution in [0.4, 0.5) is 0 Å². The van der Waals surface area contributed by atoms with E-state index in [4.69, 9.17) is 0 Å². The van der Waals surface area contributed by atoms with Crippen molar-refractivity contribution >= 4 is 5.78 Å². The largest absolute Gasteiger partial charge is 0.295 e. The molecule has 2 aliphatic carbocycles. The fraction of sp³-hybridized carbons (Fsp3) is 0.615. The van der Waals surface area contributed by atoms with Gasteiger partial charge in [-0.2, -0.15) is 0 Å². The summed E-state index contributed by atoms with van der Waals surface area (Å²) in [7, 11) is 0. The normalized spacial score (nSPS) is 36.6. The molecule has 0 heterocycles. The first kappa shape index (κ1) is 9.70. The molecule has 0 saturated heterocycles. The second kappa shape index (κ2) is 3.72. The lowest BCUT2D eigenvalue weighted by Gasteiger charge is -2.22. The van der Waals surface area contributed by atoms with Gasteiger partial charge in [0.2, 0.25) is 0 Å². The maximum Gasteiger partial charge on any atom is 0.156 e. The van der Waals surface area contributed by atoms with Crippen LogP contribution in [0.2, 0.25) is 0 Å².